The SMILES string of the molecule is COc1ccc(C)cc1CC(=O)NC(C)c1cn[nH]c1. The van der Waals surface area contributed by atoms with Crippen molar-refractivity contribution in [1.82, 2.24) is 15.5 Å². The van der Waals surface area contributed by atoms with Crippen LogP contribution in [0.15, 0.2) is 30.6 Å². The topological polar surface area (TPSA) is 67.0 Å². The normalized spacial score (nSPS) is 11.9. The first-order valence-corrected chi connectivity index (χ1v) is 6.51. The number of methoxy groups -OCH3 is 1. The maximum atomic E-state index is 12.1. The van der Waals surface area contributed by atoms with Gasteiger partial charge in [-0.3, -0.25) is 9.89 Å². The molecule has 5 nitrogen and oxygen atoms in total. The molecule has 2 aromatic rings. The predicted molar refractivity (Wildman–Crippen MR) is 76.6 cm³/mol. The first kappa shape index (κ1) is 14.1. The molecule has 106 valence electrons. The Labute approximate surface area is 118 Å². The first-order valence-electron chi connectivity index (χ1n) is 6.51. The van der Waals surface area contributed by atoms with Crippen LogP contribution in [0, 0.1) is 6.92 Å². The largest absolute Gasteiger partial charge is 0.496 e. The Morgan fingerprint density at radius 2 is 2.30 bits per heavy atom. The van der Waals surface area contributed by atoms with Crippen molar-refractivity contribution < 1.29 is 9.53 Å². The molecule has 1 aromatic heterocycles. The number of rotatable bonds is 5. The molecule has 0 saturated carbocycles. The molecule has 2 rings (SSSR count). The van der Waals surface area contributed by atoms with Gasteiger partial charge < -0.3 is 10.1 Å². The third-order valence-electron chi connectivity index (χ3n) is 3.18. The standard InChI is InChI=1S/C15H19N3O2/c1-10-4-5-14(20-3)12(6-10)7-15(19)18-11(2)13-8-16-17-9-13/h4-6,8-9,11H,7H2,1-3H3,(H,16,17)(H,18,19). The van der Waals surface area contributed by atoms with Crippen molar-refractivity contribution in [2.45, 2.75) is 26.3 Å². The molecular weight excluding hydrogens is 254 g/mol. The zero-order valence-electron chi connectivity index (χ0n) is 11.9. The number of amides is 1. The molecule has 0 saturated heterocycles. The molecule has 0 fully saturated rings. The summed E-state index contributed by atoms with van der Waals surface area (Å²) in [4.78, 5) is 12.1. The minimum absolute atomic E-state index is 0.0393. The third kappa shape index (κ3) is 3.38. The molecular formula is C15H19N3O2. The number of aromatic amines is 1. The Kier molecular flexibility index (Phi) is 4.40. The third-order valence-corrected chi connectivity index (χ3v) is 3.18. The van der Waals surface area contributed by atoms with E-state index in [9.17, 15) is 4.79 Å². The molecule has 1 unspecified atom stereocenters. The number of H-pyrrole nitrogens is 1. The number of aryl methyl sites for hydroxylation is 1. The summed E-state index contributed by atoms with van der Waals surface area (Å²) in [6.45, 7) is 3.92. The number of nitrogens with zero attached hydrogens (tertiary/aromatic N) is 1. The summed E-state index contributed by atoms with van der Waals surface area (Å²) >= 11 is 0. The second kappa shape index (κ2) is 6.23. The van der Waals surface area contributed by atoms with Crippen molar-refractivity contribution in [2.24, 2.45) is 0 Å². The van der Waals surface area contributed by atoms with Crippen LogP contribution in [0.4, 0.5) is 0 Å². The van der Waals surface area contributed by atoms with Gasteiger partial charge in [0.05, 0.1) is 25.8 Å². The van der Waals surface area contributed by atoms with Crippen LogP contribution in [0.1, 0.15) is 29.7 Å². The van der Waals surface area contributed by atoms with E-state index < -0.39 is 0 Å². The number of carbonyl (C=O) groups excluding carboxylic acids is 1. The Bertz CT molecular complexity index is 579. The maximum absolute atomic E-state index is 12.1. The van der Waals surface area contributed by atoms with Crippen molar-refractivity contribution in [3.63, 3.8) is 0 Å². The van der Waals surface area contributed by atoms with Crippen LogP contribution in [0.5, 0.6) is 5.75 Å². The van der Waals surface area contributed by atoms with Crippen LogP contribution in [0.3, 0.4) is 0 Å². The summed E-state index contributed by atoms with van der Waals surface area (Å²) in [6, 6.07) is 5.75. The Morgan fingerprint density at radius 1 is 1.50 bits per heavy atom. The zero-order chi connectivity index (χ0) is 14.5. The van der Waals surface area contributed by atoms with E-state index in [1.54, 1.807) is 19.5 Å². The smallest absolute Gasteiger partial charge is 0.225 e. The Morgan fingerprint density at radius 3 is 2.95 bits per heavy atom. The van der Waals surface area contributed by atoms with Crippen molar-refractivity contribution >= 4 is 5.91 Å². The first-order chi connectivity index (χ1) is 9.60. The number of hydrogen-bond donors (Lipinski definition) is 2. The molecule has 0 aliphatic heterocycles. The van der Waals surface area contributed by atoms with Gasteiger partial charge in [0.15, 0.2) is 0 Å². The summed E-state index contributed by atoms with van der Waals surface area (Å²) in [6.07, 6.45) is 3.78. The van der Waals surface area contributed by atoms with E-state index in [-0.39, 0.29) is 11.9 Å². The van der Waals surface area contributed by atoms with E-state index >= 15 is 0 Å². The van der Waals surface area contributed by atoms with E-state index in [1.165, 1.54) is 0 Å². The average Bonchev–Trinajstić information content (AvgIpc) is 2.92. The van der Waals surface area contributed by atoms with Gasteiger partial charge in [0.2, 0.25) is 5.91 Å². The highest BCUT2D eigenvalue weighted by atomic mass is 16.5. The van der Waals surface area contributed by atoms with Gasteiger partial charge >= 0.3 is 0 Å². The fourth-order valence-electron chi connectivity index (χ4n) is 2.09. The second-order valence-corrected chi connectivity index (χ2v) is 4.81. The summed E-state index contributed by atoms with van der Waals surface area (Å²) < 4.78 is 5.28. The van der Waals surface area contributed by atoms with E-state index in [0.717, 1.165) is 22.4 Å². The lowest BCUT2D eigenvalue weighted by Crippen LogP contribution is -2.28. The maximum Gasteiger partial charge on any atom is 0.225 e. The van der Waals surface area contributed by atoms with Gasteiger partial charge in [-0.2, -0.15) is 5.10 Å². The summed E-state index contributed by atoms with van der Waals surface area (Å²) in [7, 11) is 1.61. The summed E-state index contributed by atoms with van der Waals surface area (Å²) in [5.74, 6) is 0.698. The molecule has 1 heterocycles. The van der Waals surface area contributed by atoms with Crippen molar-refractivity contribution in [3.8, 4) is 5.75 Å². The van der Waals surface area contributed by atoms with Gasteiger partial charge in [0.1, 0.15) is 5.75 Å². The summed E-state index contributed by atoms with van der Waals surface area (Å²) in [5, 5.41) is 9.56. The highest BCUT2D eigenvalue weighted by molar-refractivity contribution is 5.79. The average molecular weight is 273 g/mol. The molecule has 20 heavy (non-hydrogen) atoms. The van der Waals surface area contributed by atoms with Crippen LogP contribution in [-0.4, -0.2) is 23.2 Å². The lowest BCUT2D eigenvalue weighted by Gasteiger charge is -2.13. The van der Waals surface area contributed by atoms with Crippen LogP contribution in [0.25, 0.3) is 0 Å². The van der Waals surface area contributed by atoms with Gasteiger partial charge in [-0.05, 0) is 19.9 Å². The molecule has 0 aliphatic rings. The Hall–Kier alpha value is -2.30. The molecule has 0 bridgehead atoms. The van der Waals surface area contributed by atoms with E-state index in [0.29, 0.717) is 6.42 Å². The van der Waals surface area contributed by atoms with Gasteiger partial charge in [-0.25, -0.2) is 0 Å². The van der Waals surface area contributed by atoms with Gasteiger partial charge in [-0.1, -0.05) is 17.7 Å². The lowest BCUT2D eigenvalue weighted by molar-refractivity contribution is -0.121. The number of aromatic nitrogens is 2. The molecule has 0 radical (unpaired) electrons. The molecule has 1 aromatic carbocycles. The van der Waals surface area contributed by atoms with E-state index in [2.05, 4.69) is 15.5 Å². The molecule has 5 heteroatoms. The fraction of sp³-hybridized carbons (Fsp3) is 0.333. The zero-order valence-corrected chi connectivity index (χ0v) is 11.9. The minimum atomic E-state index is -0.0722. The van der Waals surface area contributed by atoms with Gasteiger partial charge in [0, 0.05) is 17.3 Å². The number of carbonyl (C=O) groups is 1. The molecule has 1 amide bonds. The highest BCUT2D eigenvalue weighted by Gasteiger charge is 2.13. The predicted octanol–water partition coefficient (Wildman–Crippen LogP) is 2.15. The lowest BCUT2D eigenvalue weighted by atomic mass is 10.1. The van der Waals surface area contributed by atoms with Crippen LogP contribution < -0.4 is 10.1 Å². The Balaban J connectivity index is 2.03. The van der Waals surface area contributed by atoms with E-state index in [4.69, 9.17) is 4.74 Å². The molecule has 1 atom stereocenters. The minimum Gasteiger partial charge on any atom is -0.496 e. The van der Waals surface area contributed by atoms with Crippen LogP contribution in [0.2, 0.25) is 0 Å². The number of nitrogens with one attached hydrogen (secondary N) is 2. The highest BCUT2D eigenvalue weighted by Crippen LogP contribution is 2.20. The molecule has 0 aliphatic carbocycles. The van der Waals surface area contributed by atoms with Crippen LogP contribution >= 0.6 is 0 Å². The van der Waals surface area contributed by atoms with Crippen molar-refractivity contribution in [2.75, 3.05) is 7.11 Å². The van der Waals surface area contributed by atoms with Crippen molar-refractivity contribution in [1.29, 1.82) is 0 Å². The monoisotopic (exact) mass is 273 g/mol. The second-order valence-electron chi connectivity index (χ2n) is 4.81. The summed E-state index contributed by atoms with van der Waals surface area (Å²) in [5.41, 5.74) is 2.95. The number of benzene rings is 1. The fourth-order valence-corrected chi connectivity index (χ4v) is 2.09. The number of hydrogen-bond acceptors (Lipinski definition) is 3. The van der Waals surface area contributed by atoms with Crippen LogP contribution in [-0.2, 0) is 11.2 Å². The van der Waals surface area contributed by atoms with Crippen molar-refractivity contribution in [3.05, 3.63) is 47.3 Å². The molecule has 0 spiro atoms. The van der Waals surface area contributed by atoms with Gasteiger partial charge in [-0.15, -0.1) is 0 Å². The van der Waals surface area contributed by atoms with Gasteiger partial charge in [0.25, 0.3) is 0 Å². The molecule has 2 N–H and O–H groups in total. The van der Waals surface area contributed by atoms with E-state index in [1.807, 2.05) is 32.0 Å². The number of ether oxygens (including phenoxy) is 1. The quantitative estimate of drug-likeness (QED) is 0.877.